The number of benzene rings is 1. The first-order valence-electron chi connectivity index (χ1n) is 10.6. The topological polar surface area (TPSA) is 43.4 Å². The Balaban J connectivity index is 0.00000676. The molecule has 0 saturated heterocycles. The monoisotopic (exact) mass is 424 g/mol. The summed E-state index contributed by atoms with van der Waals surface area (Å²) in [6, 6.07) is 8.73. The van der Waals surface area contributed by atoms with Crippen LogP contribution in [0.2, 0.25) is 0 Å². The summed E-state index contributed by atoms with van der Waals surface area (Å²) in [5.74, 6) is 0.512. The van der Waals surface area contributed by atoms with Crippen molar-refractivity contribution in [2.75, 3.05) is 5.75 Å². The van der Waals surface area contributed by atoms with Gasteiger partial charge in [0.25, 0.3) is 0 Å². The number of para-hydroxylation sites is 1. The molecule has 0 aromatic heterocycles. The van der Waals surface area contributed by atoms with E-state index in [1.807, 2.05) is 6.07 Å². The Kier molecular flexibility index (Phi) is 18.4. The van der Waals surface area contributed by atoms with Crippen LogP contribution in [0.4, 0.5) is 0 Å². The predicted molar refractivity (Wildman–Crippen MR) is 120 cm³/mol. The van der Waals surface area contributed by atoms with Crippen LogP contribution < -0.4 is 4.18 Å². The Labute approximate surface area is 197 Å². The molecule has 5 heteroatoms. The Morgan fingerprint density at radius 3 is 1.52 bits per heavy atom. The molecule has 1 aromatic carbocycles. The second-order valence-corrected chi connectivity index (χ2v) is 8.94. The van der Waals surface area contributed by atoms with E-state index >= 15 is 0 Å². The van der Waals surface area contributed by atoms with E-state index in [1.165, 1.54) is 70.6 Å². The van der Waals surface area contributed by atoms with Crippen molar-refractivity contribution in [3.63, 3.8) is 0 Å². The predicted octanol–water partition coefficient (Wildman–Crippen LogP) is 5.96. The summed E-state index contributed by atoms with van der Waals surface area (Å²) in [7, 11) is -3.45. The van der Waals surface area contributed by atoms with Crippen LogP contribution in [0.1, 0.15) is 96.8 Å². The van der Waals surface area contributed by atoms with Gasteiger partial charge in [0.05, 0.1) is 5.75 Å². The first-order chi connectivity index (χ1) is 12.6. The molecule has 1 rings (SSSR count). The van der Waals surface area contributed by atoms with E-state index in [4.69, 9.17) is 4.18 Å². The number of rotatable bonds is 17. The average Bonchev–Trinajstić information content (AvgIpc) is 2.62. The van der Waals surface area contributed by atoms with E-state index < -0.39 is 10.1 Å². The Hall–Kier alpha value is 0.230. The van der Waals surface area contributed by atoms with Crippen molar-refractivity contribution in [1.82, 2.24) is 0 Å². The van der Waals surface area contributed by atoms with Gasteiger partial charge in [-0.15, -0.1) is 0 Å². The molecule has 3 nitrogen and oxygen atoms in total. The third-order valence-corrected chi connectivity index (χ3v) is 5.95. The summed E-state index contributed by atoms with van der Waals surface area (Å²) in [5.41, 5.74) is 0. The molecular weight excluding hydrogens is 384 g/mol. The van der Waals surface area contributed by atoms with E-state index in [9.17, 15) is 8.42 Å². The van der Waals surface area contributed by atoms with Gasteiger partial charge in [-0.2, -0.15) is 8.42 Å². The van der Waals surface area contributed by atoms with Crippen LogP contribution in [-0.4, -0.2) is 51.9 Å². The maximum atomic E-state index is 11.9. The summed E-state index contributed by atoms with van der Waals surface area (Å²) in [4.78, 5) is 0. The maximum absolute atomic E-state index is 11.9. The normalized spacial score (nSPS) is 11.1. The van der Waals surface area contributed by atoms with Gasteiger partial charge >= 0.3 is 47.9 Å². The molecule has 27 heavy (non-hydrogen) atoms. The zero-order valence-corrected chi connectivity index (χ0v) is 17.4. The van der Waals surface area contributed by atoms with Crippen LogP contribution in [0.15, 0.2) is 30.3 Å². The fraction of sp³-hybridized carbons (Fsp3) is 0.727. The van der Waals surface area contributed by atoms with Gasteiger partial charge in [-0.25, -0.2) is 0 Å². The molecule has 0 heterocycles. The van der Waals surface area contributed by atoms with Crippen LogP contribution in [0.5, 0.6) is 5.75 Å². The Bertz CT molecular complexity index is 532. The van der Waals surface area contributed by atoms with Crippen molar-refractivity contribution in [2.24, 2.45) is 0 Å². The summed E-state index contributed by atoms with van der Waals surface area (Å²) in [6.07, 6.45) is 17.7. The minimum atomic E-state index is -3.45. The van der Waals surface area contributed by atoms with Crippen molar-refractivity contribution in [3.8, 4) is 5.75 Å². The standard InChI is InChI=1S/C22H38O3S.Ca.2H/c1-2-3-4-5-6-7-8-9-10-11-12-13-14-18-21-26(23,24)25-22-19-16-15-17-20-22;;;/h15-17,19-20H,2-14,18,21H2,1H3;;;. The van der Waals surface area contributed by atoms with Crippen LogP contribution in [0, 0.1) is 0 Å². The van der Waals surface area contributed by atoms with Gasteiger partial charge in [-0.1, -0.05) is 109 Å². The van der Waals surface area contributed by atoms with E-state index in [1.54, 1.807) is 24.3 Å². The molecule has 0 aliphatic carbocycles. The molecule has 0 aliphatic heterocycles. The first kappa shape index (κ1) is 27.2. The van der Waals surface area contributed by atoms with Gasteiger partial charge < -0.3 is 4.18 Å². The molecular formula is C22H40CaO3S. The summed E-state index contributed by atoms with van der Waals surface area (Å²) in [6.45, 7) is 2.26. The quantitative estimate of drug-likeness (QED) is 0.176. The number of hydrogen-bond donors (Lipinski definition) is 0. The molecule has 0 saturated carbocycles. The average molecular weight is 425 g/mol. The summed E-state index contributed by atoms with van der Waals surface area (Å²) >= 11 is 0. The molecule has 0 amide bonds. The molecule has 0 atom stereocenters. The van der Waals surface area contributed by atoms with Crippen LogP contribution in [0.3, 0.4) is 0 Å². The molecule has 1 aromatic rings. The molecule has 0 radical (unpaired) electrons. The first-order valence-corrected chi connectivity index (χ1v) is 12.2. The van der Waals surface area contributed by atoms with Gasteiger partial charge in [-0.3, -0.25) is 0 Å². The van der Waals surface area contributed by atoms with Gasteiger partial charge in [0.15, 0.2) is 0 Å². The minimum absolute atomic E-state index is 0. The Morgan fingerprint density at radius 1 is 0.667 bits per heavy atom. The van der Waals surface area contributed by atoms with Crippen molar-refractivity contribution in [1.29, 1.82) is 0 Å². The van der Waals surface area contributed by atoms with E-state index in [-0.39, 0.29) is 43.5 Å². The molecule has 0 bridgehead atoms. The fourth-order valence-corrected chi connectivity index (χ4v) is 4.18. The number of unbranched alkanes of at least 4 members (excludes halogenated alkanes) is 13. The summed E-state index contributed by atoms with van der Waals surface area (Å²) in [5, 5.41) is 0. The second-order valence-electron chi connectivity index (χ2n) is 7.25. The van der Waals surface area contributed by atoms with E-state index in [0.29, 0.717) is 12.2 Å². The van der Waals surface area contributed by atoms with Crippen LogP contribution >= 0.6 is 0 Å². The van der Waals surface area contributed by atoms with Crippen LogP contribution in [-0.2, 0) is 10.1 Å². The summed E-state index contributed by atoms with van der Waals surface area (Å²) < 4.78 is 28.9. The van der Waals surface area contributed by atoms with Crippen LogP contribution in [0.25, 0.3) is 0 Å². The molecule has 0 spiro atoms. The van der Waals surface area contributed by atoms with E-state index in [0.717, 1.165) is 12.8 Å². The molecule has 0 N–H and O–H groups in total. The fourth-order valence-electron chi connectivity index (χ4n) is 3.14. The zero-order valence-electron chi connectivity index (χ0n) is 16.6. The molecule has 0 unspecified atom stereocenters. The van der Waals surface area contributed by atoms with Gasteiger partial charge in [0.1, 0.15) is 5.75 Å². The Morgan fingerprint density at radius 2 is 1.07 bits per heavy atom. The van der Waals surface area contributed by atoms with Crippen molar-refractivity contribution < 1.29 is 12.6 Å². The third kappa shape index (κ3) is 16.9. The molecule has 0 aliphatic rings. The second kappa shape index (κ2) is 18.3. The van der Waals surface area contributed by atoms with Gasteiger partial charge in [-0.05, 0) is 18.6 Å². The van der Waals surface area contributed by atoms with Crippen molar-refractivity contribution in [3.05, 3.63) is 30.3 Å². The molecule has 0 fully saturated rings. The van der Waals surface area contributed by atoms with Crippen molar-refractivity contribution in [2.45, 2.75) is 96.8 Å². The van der Waals surface area contributed by atoms with E-state index in [2.05, 4.69) is 6.92 Å². The van der Waals surface area contributed by atoms with Gasteiger partial charge in [0.2, 0.25) is 0 Å². The van der Waals surface area contributed by atoms with Crippen molar-refractivity contribution >= 4 is 47.9 Å². The third-order valence-electron chi connectivity index (χ3n) is 4.71. The number of hydrogen-bond acceptors (Lipinski definition) is 3. The SMILES string of the molecule is CCCCCCCCCCCCCCCCS(=O)(=O)Oc1ccccc1.[CaH2]. The zero-order chi connectivity index (χ0) is 18.9. The van der Waals surface area contributed by atoms with Gasteiger partial charge in [0, 0.05) is 0 Å². The molecule has 154 valence electrons.